The van der Waals surface area contributed by atoms with Crippen LogP contribution in [0.3, 0.4) is 0 Å². The normalized spacial score (nSPS) is 11.9. The van der Waals surface area contributed by atoms with Crippen molar-refractivity contribution in [3.63, 3.8) is 0 Å². The van der Waals surface area contributed by atoms with Crippen LogP contribution in [0.25, 0.3) is 0 Å². The van der Waals surface area contributed by atoms with E-state index in [0.29, 0.717) is 6.54 Å². The van der Waals surface area contributed by atoms with Crippen LogP contribution in [-0.4, -0.2) is 22.3 Å². The first-order valence-electron chi connectivity index (χ1n) is 4.19. The van der Waals surface area contributed by atoms with Gasteiger partial charge in [-0.25, -0.2) is 9.78 Å². The molecule has 0 aromatic carbocycles. The highest BCUT2D eigenvalue weighted by Gasteiger charge is 2.12. The molecule has 0 saturated carbocycles. The predicted molar refractivity (Wildman–Crippen MR) is 57.8 cm³/mol. The summed E-state index contributed by atoms with van der Waals surface area (Å²) in [5.41, 5.74) is 2.42. The number of halogens is 1. The topological polar surface area (TPSA) is 71.1 Å². The maximum absolute atomic E-state index is 11.1. The third-order valence-electron chi connectivity index (χ3n) is 1.51. The van der Waals surface area contributed by atoms with Gasteiger partial charge < -0.3 is 5.32 Å². The third-order valence-corrected chi connectivity index (χ3v) is 2.35. The highest BCUT2D eigenvalue weighted by Crippen LogP contribution is 1.99. The fourth-order valence-corrected chi connectivity index (χ4v) is 1.36. The molecule has 2 N–H and O–H groups in total. The van der Waals surface area contributed by atoms with Gasteiger partial charge in [-0.3, -0.25) is 10.1 Å². The Balaban J connectivity index is 2.28. The van der Waals surface area contributed by atoms with Gasteiger partial charge >= 0.3 is 6.03 Å². The lowest BCUT2D eigenvalue weighted by molar-refractivity contribution is -0.119. The number of nitrogens with one attached hydrogen (secondary N) is 2. The maximum atomic E-state index is 11.1. The lowest BCUT2D eigenvalue weighted by Gasteiger charge is -2.05. The van der Waals surface area contributed by atoms with Crippen LogP contribution in [0.15, 0.2) is 10.9 Å². The molecule has 1 atom stereocenters. The number of urea groups is 1. The number of nitrogens with zero attached hydrogens (tertiary/aromatic N) is 1. The van der Waals surface area contributed by atoms with Crippen LogP contribution in [0.4, 0.5) is 4.79 Å². The van der Waals surface area contributed by atoms with Gasteiger partial charge in [0.05, 0.1) is 17.7 Å². The molecule has 1 heterocycles. The first-order chi connectivity index (χ1) is 7.09. The summed E-state index contributed by atoms with van der Waals surface area (Å²) >= 11 is 6.91. The summed E-state index contributed by atoms with van der Waals surface area (Å²) in [5, 5.41) is 5.67. The number of aromatic nitrogens is 1. The van der Waals surface area contributed by atoms with Crippen LogP contribution in [0.2, 0.25) is 0 Å². The van der Waals surface area contributed by atoms with Crippen LogP contribution < -0.4 is 10.6 Å². The van der Waals surface area contributed by atoms with E-state index < -0.39 is 17.3 Å². The second-order valence-corrected chi connectivity index (χ2v) is 4.14. The Kier molecular flexibility index (Phi) is 4.51. The van der Waals surface area contributed by atoms with Crippen molar-refractivity contribution < 1.29 is 9.59 Å². The van der Waals surface area contributed by atoms with E-state index in [1.165, 1.54) is 18.3 Å². The van der Waals surface area contributed by atoms with Crippen LogP contribution in [0, 0.1) is 0 Å². The number of rotatable bonds is 3. The minimum absolute atomic E-state index is 0.291. The predicted octanol–water partition coefficient (Wildman–Crippen LogP) is 1.10. The molecular formula is C8H10ClN3O2S. The highest BCUT2D eigenvalue weighted by molar-refractivity contribution is 7.07. The van der Waals surface area contributed by atoms with Crippen molar-refractivity contribution in [3.8, 4) is 0 Å². The van der Waals surface area contributed by atoms with E-state index >= 15 is 0 Å². The zero-order valence-corrected chi connectivity index (χ0v) is 9.56. The van der Waals surface area contributed by atoms with E-state index in [4.69, 9.17) is 11.6 Å². The van der Waals surface area contributed by atoms with Gasteiger partial charge in [-0.1, -0.05) is 0 Å². The molecule has 0 radical (unpaired) electrons. The van der Waals surface area contributed by atoms with Gasteiger partial charge in [0.15, 0.2) is 0 Å². The molecule has 1 aromatic heterocycles. The molecule has 7 heteroatoms. The number of carbonyl (C=O) groups excluding carboxylic acids is 2. The molecule has 82 valence electrons. The summed E-state index contributed by atoms with van der Waals surface area (Å²) in [6, 6.07) is -0.569. The Labute approximate surface area is 95.8 Å². The number of imide groups is 1. The molecule has 1 unspecified atom stereocenters. The van der Waals surface area contributed by atoms with Crippen LogP contribution in [0.1, 0.15) is 12.6 Å². The molecule has 0 fully saturated rings. The fourth-order valence-electron chi connectivity index (χ4n) is 0.751. The second-order valence-electron chi connectivity index (χ2n) is 2.77. The molecule has 1 aromatic rings. The largest absolute Gasteiger partial charge is 0.332 e. The van der Waals surface area contributed by atoms with Crippen molar-refractivity contribution >= 4 is 34.9 Å². The number of thiazole rings is 1. The smallest absolute Gasteiger partial charge is 0.321 e. The standard InChI is InChI=1S/C8H10ClN3O2S/c1-5(9)7(13)12-8(14)10-2-6-3-15-4-11-6/h3-5H,2H2,1H3,(H2,10,12,13,14). The molecule has 5 nitrogen and oxygen atoms in total. The summed E-state index contributed by atoms with van der Waals surface area (Å²) in [6.07, 6.45) is 0. The zero-order valence-electron chi connectivity index (χ0n) is 7.99. The Morgan fingerprint density at radius 3 is 2.93 bits per heavy atom. The molecular weight excluding hydrogens is 238 g/mol. The van der Waals surface area contributed by atoms with Crippen molar-refractivity contribution in [3.05, 3.63) is 16.6 Å². The van der Waals surface area contributed by atoms with Crippen LogP contribution in [0.5, 0.6) is 0 Å². The highest BCUT2D eigenvalue weighted by atomic mass is 35.5. The lowest BCUT2D eigenvalue weighted by atomic mass is 10.4. The molecule has 0 aliphatic heterocycles. The Morgan fingerprint density at radius 2 is 2.40 bits per heavy atom. The Hall–Kier alpha value is -1.14. The van der Waals surface area contributed by atoms with E-state index in [1.807, 2.05) is 5.38 Å². The SMILES string of the molecule is CC(Cl)C(=O)NC(=O)NCc1cscn1. The minimum Gasteiger partial charge on any atom is -0.332 e. The maximum Gasteiger partial charge on any atom is 0.321 e. The Morgan fingerprint density at radius 1 is 1.67 bits per heavy atom. The fraction of sp³-hybridized carbons (Fsp3) is 0.375. The molecule has 3 amide bonds. The average molecular weight is 248 g/mol. The molecule has 15 heavy (non-hydrogen) atoms. The quantitative estimate of drug-likeness (QED) is 0.786. The van der Waals surface area contributed by atoms with Gasteiger partial charge in [0.25, 0.3) is 0 Å². The lowest BCUT2D eigenvalue weighted by Crippen LogP contribution is -2.41. The first kappa shape index (κ1) is 11.9. The number of alkyl halides is 1. The van der Waals surface area contributed by atoms with Crippen molar-refractivity contribution in [1.82, 2.24) is 15.6 Å². The Bertz CT molecular complexity index is 340. The van der Waals surface area contributed by atoms with Gasteiger partial charge in [0.1, 0.15) is 5.38 Å². The van der Waals surface area contributed by atoms with Crippen molar-refractivity contribution in [2.24, 2.45) is 0 Å². The number of carbonyl (C=O) groups is 2. The molecule has 0 aliphatic rings. The minimum atomic E-state index is -0.727. The summed E-state index contributed by atoms with van der Waals surface area (Å²) in [5.74, 6) is -0.521. The monoisotopic (exact) mass is 247 g/mol. The summed E-state index contributed by atoms with van der Waals surface area (Å²) in [7, 11) is 0. The average Bonchev–Trinajstić information content (AvgIpc) is 2.66. The summed E-state index contributed by atoms with van der Waals surface area (Å²) in [4.78, 5) is 26.1. The van der Waals surface area contributed by atoms with E-state index in [9.17, 15) is 9.59 Å². The number of hydrogen-bond donors (Lipinski definition) is 2. The molecule has 0 aliphatic carbocycles. The summed E-state index contributed by atoms with van der Waals surface area (Å²) in [6.45, 7) is 1.78. The molecule has 0 bridgehead atoms. The zero-order chi connectivity index (χ0) is 11.3. The van der Waals surface area contributed by atoms with Gasteiger partial charge in [0, 0.05) is 5.38 Å². The molecule has 0 saturated heterocycles. The summed E-state index contributed by atoms with van der Waals surface area (Å²) < 4.78 is 0. The van der Waals surface area contributed by atoms with Gasteiger partial charge in [-0.2, -0.15) is 0 Å². The third kappa shape index (κ3) is 4.26. The van der Waals surface area contributed by atoms with E-state index in [2.05, 4.69) is 15.6 Å². The van der Waals surface area contributed by atoms with Gasteiger partial charge in [0.2, 0.25) is 5.91 Å². The first-order valence-corrected chi connectivity index (χ1v) is 5.57. The van der Waals surface area contributed by atoms with E-state index in [1.54, 1.807) is 5.51 Å². The molecule has 1 rings (SSSR count). The number of hydrogen-bond acceptors (Lipinski definition) is 4. The van der Waals surface area contributed by atoms with Crippen molar-refractivity contribution in [2.75, 3.05) is 0 Å². The van der Waals surface area contributed by atoms with E-state index in [0.717, 1.165) is 5.69 Å². The van der Waals surface area contributed by atoms with Crippen molar-refractivity contribution in [2.45, 2.75) is 18.8 Å². The number of amides is 3. The second kappa shape index (κ2) is 5.67. The van der Waals surface area contributed by atoms with Crippen LogP contribution in [-0.2, 0) is 11.3 Å². The van der Waals surface area contributed by atoms with E-state index in [-0.39, 0.29) is 0 Å². The van der Waals surface area contributed by atoms with Gasteiger partial charge in [-0.15, -0.1) is 22.9 Å². The van der Waals surface area contributed by atoms with Gasteiger partial charge in [-0.05, 0) is 6.92 Å². The molecule has 0 spiro atoms. The van der Waals surface area contributed by atoms with Crippen molar-refractivity contribution in [1.29, 1.82) is 0 Å². The van der Waals surface area contributed by atoms with Crippen LogP contribution >= 0.6 is 22.9 Å².